The van der Waals surface area contributed by atoms with E-state index < -0.39 is 0 Å². The van der Waals surface area contributed by atoms with Crippen molar-refractivity contribution in [2.45, 2.75) is 27.2 Å². The molecule has 0 fully saturated rings. The summed E-state index contributed by atoms with van der Waals surface area (Å²) in [5, 5.41) is 0.553. The number of para-hydroxylation sites is 1. The molecule has 144 valence electrons. The van der Waals surface area contributed by atoms with Crippen LogP contribution in [0.2, 0.25) is 0 Å². The molecule has 4 aromatic rings. The number of nitrogens with zero attached hydrogens (tertiary/aromatic N) is 4. The third-order valence-electron chi connectivity index (χ3n) is 4.99. The van der Waals surface area contributed by atoms with Gasteiger partial charge in [-0.2, -0.15) is 0 Å². The number of fused-ring (bicyclic) bond motifs is 1. The van der Waals surface area contributed by atoms with Crippen LogP contribution in [0.25, 0.3) is 28.7 Å². The van der Waals surface area contributed by atoms with Crippen molar-refractivity contribution < 1.29 is 0 Å². The molecule has 0 saturated carbocycles. The van der Waals surface area contributed by atoms with Crippen LogP contribution in [0.3, 0.4) is 0 Å². The standard InChI is InChI=1S/C24H22N4O/c1-4-19-14-18(10-13-26-19)8-9-22-27-21-15-25-12-11-20(21)24(29)28(22)23-16(2)6-5-7-17(23)3/h5-15H,4H2,1-3H3/b9-8+. The van der Waals surface area contributed by atoms with Crippen LogP contribution in [-0.4, -0.2) is 19.5 Å². The summed E-state index contributed by atoms with van der Waals surface area (Å²) in [4.78, 5) is 26.6. The molecule has 0 aliphatic heterocycles. The van der Waals surface area contributed by atoms with E-state index in [9.17, 15) is 4.79 Å². The molecule has 0 radical (unpaired) electrons. The first-order valence-electron chi connectivity index (χ1n) is 9.65. The topological polar surface area (TPSA) is 60.7 Å². The SMILES string of the molecule is CCc1cc(/C=C/c2nc3cnccc3c(=O)n2-c2c(C)cccc2C)ccn1. The Morgan fingerprint density at radius 1 is 1.03 bits per heavy atom. The fraction of sp³-hybridized carbons (Fsp3) is 0.167. The summed E-state index contributed by atoms with van der Waals surface area (Å²) in [5.74, 6) is 0.572. The van der Waals surface area contributed by atoms with E-state index in [1.54, 1.807) is 29.2 Å². The molecule has 0 atom stereocenters. The lowest BCUT2D eigenvalue weighted by molar-refractivity contribution is 0.923. The minimum atomic E-state index is -0.0987. The van der Waals surface area contributed by atoms with Gasteiger partial charge in [-0.25, -0.2) is 4.98 Å². The fourth-order valence-electron chi connectivity index (χ4n) is 3.50. The lowest BCUT2D eigenvalue weighted by Crippen LogP contribution is -2.24. The average molecular weight is 382 g/mol. The highest BCUT2D eigenvalue weighted by Crippen LogP contribution is 2.21. The van der Waals surface area contributed by atoms with E-state index in [-0.39, 0.29) is 5.56 Å². The minimum absolute atomic E-state index is 0.0987. The number of aromatic nitrogens is 4. The lowest BCUT2D eigenvalue weighted by Gasteiger charge is -2.16. The molecular weight excluding hydrogens is 360 g/mol. The maximum absolute atomic E-state index is 13.4. The van der Waals surface area contributed by atoms with Gasteiger partial charge in [0.25, 0.3) is 5.56 Å². The molecule has 29 heavy (non-hydrogen) atoms. The second kappa shape index (κ2) is 7.80. The number of hydrogen-bond donors (Lipinski definition) is 0. The smallest absolute Gasteiger partial charge is 0.266 e. The van der Waals surface area contributed by atoms with Crippen LogP contribution in [0.15, 0.2) is 59.8 Å². The van der Waals surface area contributed by atoms with Crippen LogP contribution in [0.5, 0.6) is 0 Å². The number of aryl methyl sites for hydroxylation is 3. The number of benzene rings is 1. The molecule has 0 saturated heterocycles. The fourth-order valence-corrected chi connectivity index (χ4v) is 3.50. The van der Waals surface area contributed by atoms with Gasteiger partial charge in [-0.15, -0.1) is 0 Å². The lowest BCUT2D eigenvalue weighted by atomic mass is 10.1. The first-order valence-corrected chi connectivity index (χ1v) is 9.65. The molecule has 5 nitrogen and oxygen atoms in total. The molecule has 3 heterocycles. The van der Waals surface area contributed by atoms with Gasteiger partial charge in [-0.05, 0) is 61.2 Å². The zero-order chi connectivity index (χ0) is 20.4. The van der Waals surface area contributed by atoms with Gasteiger partial charge in [0.15, 0.2) is 0 Å². The van der Waals surface area contributed by atoms with Crippen molar-refractivity contribution in [2.24, 2.45) is 0 Å². The highest BCUT2D eigenvalue weighted by molar-refractivity contribution is 5.79. The van der Waals surface area contributed by atoms with Crippen molar-refractivity contribution in [3.8, 4) is 5.69 Å². The Balaban J connectivity index is 1.97. The van der Waals surface area contributed by atoms with Gasteiger partial charge in [0, 0.05) is 18.1 Å². The predicted molar refractivity (Wildman–Crippen MR) is 117 cm³/mol. The third kappa shape index (κ3) is 3.59. The number of pyridine rings is 2. The third-order valence-corrected chi connectivity index (χ3v) is 4.99. The zero-order valence-corrected chi connectivity index (χ0v) is 16.8. The second-order valence-corrected chi connectivity index (χ2v) is 7.01. The van der Waals surface area contributed by atoms with E-state index in [1.807, 2.05) is 56.3 Å². The Kier molecular flexibility index (Phi) is 5.04. The summed E-state index contributed by atoms with van der Waals surface area (Å²) in [6.45, 7) is 6.09. The predicted octanol–water partition coefficient (Wildman–Crippen LogP) is 4.53. The van der Waals surface area contributed by atoms with E-state index >= 15 is 0 Å². The molecule has 0 N–H and O–H groups in total. The van der Waals surface area contributed by atoms with Gasteiger partial charge in [0.2, 0.25) is 0 Å². The summed E-state index contributed by atoms with van der Waals surface area (Å²) in [6, 6.07) is 11.7. The molecule has 4 rings (SSSR count). The van der Waals surface area contributed by atoms with Crippen molar-refractivity contribution in [1.29, 1.82) is 0 Å². The molecule has 5 heteroatoms. The van der Waals surface area contributed by atoms with E-state index in [0.717, 1.165) is 34.5 Å². The van der Waals surface area contributed by atoms with Crippen LogP contribution in [0, 0.1) is 13.8 Å². The molecule has 0 aliphatic carbocycles. The molecule has 0 amide bonds. The first kappa shape index (κ1) is 18.7. The summed E-state index contributed by atoms with van der Waals surface area (Å²) in [6.07, 6.45) is 9.77. The summed E-state index contributed by atoms with van der Waals surface area (Å²) < 4.78 is 1.70. The quantitative estimate of drug-likeness (QED) is 0.520. The Morgan fingerprint density at radius 3 is 2.59 bits per heavy atom. The molecular formula is C24H22N4O. The van der Waals surface area contributed by atoms with E-state index in [1.165, 1.54) is 0 Å². The van der Waals surface area contributed by atoms with Gasteiger partial charge in [0.05, 0.1) is 22.8 Å². The van der Waals surface area contributed by atoms with Gasteiger partial charge in [-0.3, -0.25) is 19.3 Å². The Morgan fingerprint density at radius 2 is 1.83 bits per heavy atom. The van der Waals surface area contributed by atoms with E-state index in [4.69, 9.17) is 4.98 Å². The Bertz CT molecular complexity index is 1270. The molecule has 0 spiro atoms. The monoisotopic (exact) mass is 382 g/mol. The van der Waals surface area contributed by atoms with Gasteiger partial charge in [-0.1, -0.05) is 31.2 Å². The van der Waals surface area contributed by atoms with Crippen molar-refractivity contribution in [3.63, 3.8) is 0 Å². The van der Waals surface area contributed by atoms with Gasteiger partial charge < -0.3 is 0 Å². The molecule has 0 bridgehead atoms. The largest absolute Gasteiger partial charge is 0.268 e. The molecule has 0 aliphatic rings. The normalized spacial score (nSPS) is 11.4. The summed E-state index contributed by atoms with van der Waals surface area (Å²) >= 11 is 0. The van der Waals surface area contributed by atoms with Crippen LogP contribution in [-0.2, 0) is 6.42 Å². The average Bonchev–Trinajstić information content (AvgIpc) is 2.74. The molecule has 3 aromatic heterocycles. The van der Waals surface area contributed by atoms with Gasteiger partial charge in [0.1, 0.15) is 5.82 Å². The van der Waals surface area contributed by atoms with E-state index in [0.29, 0.717) is 16.7 Å². The number of hydrogen-bond acceptors (Lipinski definition) is 4. The maximum atomic E-state index is 13.4. The Hall–Kier alpha value is -3.60. The summed E-state index contributed by atoms with van der Waals surface area (Å²) in [5.41, 5.74) is 5.44. The van der Waals surface area contributed by atoms with Crippen LogP contribution in [0.1, 0.15) is 35.1 Å². The summed E-state index contributed by atoms with van der Waals surface area (Å²) in [7, 11) is 0. The maximum Gasteiger partial charge on any atom is 0.266 e. The van der Waals surface area contributed by atoms with Crippen molar-refractivity contribution in [1.82, 2.24) is 19.5 Å². The van der Waals surface area contributed by atoms with Crippen LogP contribution >= 0.6 is 0 Å². The molecule has 1 aromatic carbocycles. The second-order valence-electron chi connectivity index (χ2n) is 7.01. The highest BCUT2D eigenvalue weighted by Gasteiger charge is 2.14. The Labute approximate surface area is 169 Å². The zero-order valence-electron chi connectivity index (χ0n) is 16.8. The van der Waals surface area contributed by atoms with Crippen LogP contribution < -0.4 is 5.56 Å². The van der Waals surface area contributed by atoms with Crippen molar-refractivity contribution >= 4 is 23.1 Å². The highest BCUT2D eigenvalue weighted by atomic mass is 16.1. The van der Waals surface area contributed by atoms with Gasteiger partial charge >= 0.3 is 0 Å². The number of rotatable bonds is 4. The van der Waals surface area contributed by atoms with Crippen molar-refractivity contribution in [3.05, 3.63) is 93.6 Å². The minimum Gasteiger partial charge on any atom is -0.268 e. The van der Waals surface area contributed by atoms with E-state index in [2.05, 4.69) is 16.9 Å². The molecule has 0 unspecified atom stereocenters. The van der Waals surface area contributed by atoms with Crippen LogP contribution in [0.4, 0.5) is 0 Å². The first-order chi connectivity index (χ1) is 14.1. The van der Waals surface area contributed by atoms with Crippen molar-refractivity contribution in [2.75, 3.05) is 0 Å².